The maximum Gasteiger partial charge on any atom is 0.256 e. The van der Waals surface area contributed by atoms with Crippen molar-refractivity contribution in [2.45, 2.75) is 0 Å². The lowest BCUT2D eigenvalue weighted by molar-refractivity contribution is 0.121. The highest BCUT2D eigenvalue weighted by molar-refractivity contribution is 7.95. The summed E-state index contributed by atoms with van der Waals surface area (Å²) < 4.78 is 37.4. The van der Waals surface area contributed by atoms with E-state index in [1.165, 1.54) is 24.5 Å². The number of hydrogen-bond donors (Lipinski definition) is 0. The van der Waals surface area contributed by atoms with E-state index in [-0.39, 0.29) is 5.43 Å². The maximum absolute atomic E-state index is 12.6. The third kappa shape index (κ3) is 3.68. The highest BCUT2D eigenvalue weighted by Gasteiger charge is 2.20. The van der Waals surface area contributed by atoms with Crippen molar-refractivity contribution in [2.75, 3.05) is 42.6 Å². The molecule has 0 bridgehead atoms. The first-order valence-corrected chi connectivity index (χ1v) is 11.4. The van der Waals surface area contributed by atoms with Gasteiger partial charge in [-0.2, -0.15) is 0 Å². The van der Waals surface area contributed by atoms with E-state index in [1.54, 1.807) is 18.2 Å². The Balaban J connectivity index is 1.80. The first-order chi connectivity index (χ1) is 13.9. The number of morpholine rings is 1. The van der Waals surface area contributed by atoms with E-state index in [0.29, 0.717) is 48.2 Å². The van der Waals surface area contributed by atoms with Crippen LogP contribution in [0.1, 0.15) is 0 Å². The maximum atomic E-state index is 12.6. The lowest BCUT2D eigenvalue weighted by Gasteiger charge is -2.27. The van der Waals surface area contributed by atoms with Gasteiger partial charge in [-0.1, -0.05) is 18.7 Å². The molecule has 29 heavy (non-hydrogen) atoms. The largest absolute Gasteiger partial charge is 0.439 e. The molecule has 0 N–H and O–H groups in total. The van der Waals surface area contributed by atoms with E-state index >= 15 is 0 Å². The molecule has 0 saturated carbocycles. The molecule has 0 aliphatic carbocycles. The van der Waals surface area contributed by atoms with Crippen LogP contribution in [0.3, 0.4) is 0 Å². The first-order valence-electron chi connectivity index (χ1n) is 9.00. The van der Waals surface area contributed by atoms with Gasteiger partial charge >= 0.3 is 0 Å². The van der Waals surface area contributed by atoms with E-state index in [2.05, 4.69) is 6.58 Å². The second-order valence-electron chi connectivity index (χ2n) is 6.59. The van der Waals surface area contributed by atoms with Gasteiger partial charge in [-0.25, -0.2) is 8.42 Å². The Morgan fingerprint density at radius 1 is 1.24 bits per heavy atom. The highest BCUT2D eigenvalue weighted by atomic mass is 32.2. The minimum absolute atomic E-state index is 0.0912. The number of fused-ring (bicyclic) bond motifs is 1. The van der Waals surface area contributed by atoms with Crippen LogP contribution in [0.5, 0.6) is 0 Å². The van der Waals surface area contributed by atoms with E-state index in [0.717, 1.165) is 20.8 Å². The predicted molar refractivity (Wildman–Crippen MR) is 116 cm³/mol. The number of ether oxygens (including phenoxy) is 1. The van der Waals surface area contributed by atoms with Crippen LogP contribution in [-0.2, 0) is 14.8 Å². The van der Waals surface area contributed by atoms with Gasteiger partial charge in [0, 0.05) is 42.6 Å². The number of anilines is 2. The lowest BCUT2D eigenvalue weighted by atomic mass is 10.1. The molecule has 0 radical (unpaired) electrons. The molecule has 1 aliphatic rings. The topological polar surface area (TPSA) is 80.1 Å². The molecule has 152 valence electrons. The number of hydrogen-bond acceptors (Lipinski definition) is 7. The Morgan fingerprint density at radius 3 is 2.72 bits per heavy atom. The first kappa shape index (κ1) is 19.7. The molecule has 3 heterocycles. The molecule has 4 rings (SSSR count). The number of benzene rings is 1. The lowest BCUT2D eigenvalue weighted by Crippen LogP contribution is -2.36. The van der Waals surface area contributed by atoms with E-state index in [1.807, 2.05) is 16.3 Å². The molecule has 7 nitrogen and oxygen atoms in total. The van der Waals surface area contributed by atoms with E-state index in [9.17, 15) is 13.2 Å². The van der Waals surface area contributed by atoms with Crippen LogP contribution in [0.15, 0.2) is 56.9 Å². The zero-order chi connectivity index (χ0) is 20.6. The summed E-state index contributed by atoms with van der Waals surface area (Å²) in [6.45, 7) is 5.86. The van der Waals surface area contributed by atoms with Crippen molar-refractivity contribution in [2.24, 2.45) is 0 Å². The summed E-state index contributed by atoms with van der Waals surface area (Å²) in [4.78, 5) is 14.6. The van der Waals surface area contributed by atoms with Crippen molar-refractivity contribution in [1.29, 1.82) is 0 Å². The molecule has 0 unspecified atom stereocenters. The van der Waals surface area contributed by atoms with Crippen molar-refractivity contribution in [3.63, 3.8) is 0 Å². The molecule has 9 heteroatoms. The van der Waals surface area contributed by atoms with Gasteiger partial charge in [0.05, 0.1) is 18.9 Å². The minimum atomic E-state index is -3.60. The molecule has 2 aromatic heterocycles. The molecule has 1 aromatic carbocycles. The quantitative estimate of drug-likeness (QED) is 0.616. The van der Waals surface area contributed by atoms with Crippen LogP contribution in [0.2, 0.25) is 0 Å². The zero-order valence-corrected chi connectivity index (χ0v) is 17.5. The third-order valence-corrected chi connectivity index (χ3v) is 7.24. The zero-order valence-electron chi connectivity index (χ0n) is 15.8. The molecule has 0 amide bonds. The van der Waals surface area contributed by atoms with Gasteiger partial charge in [-0.05, 0) is 17.7 Å². The second-order valence-corrected chi connectivity index (χ2v) is 9.38. The number of sulfonamides is 1. The molecule has 1 saturated heterocycles. The van der Waals surface area contributed by atoms with Crippen molar-refractivity contribution in [1.82, 2.24) is 0 Å². The van der Waals surface area contributed by atoms with Crippen LogP contribution in [-0.4, -0.2) is 41.8 Å². The average Bonchev–Trinajstić information content (AvgIpc) is 3.18. The summed E-state index contributed by atoms with van der Waals surface area (Å²) >= 11 is 1.32. The SMILES string of the molecule is C=CS(=O)(=O)N(C)c1cccc(-c2csc3c(=O)cc(N4CCOCC4)oc23)c1. The Bertz CT molecular complexity index is 1220. The summed E-state index contributed by atoms with van der Waals surface area (Å²) in [6.07, 6.45) is 0. The highest BCUT2D eigenvalue weighted by Crippen LogP contribution is 2.36. The van der Waals surface area contributed by atoms with Crippen LogP contribution in [0.25, 0.3) is 21.4 Å². The summed E-state index contributed by atoms with van der Waals surface area (Å²) in [5.41, 5.74) is 2.43. The molecule has 0 atom stereocenters. The van der Waals surface area contributed by atoms with Gasteiger partial charge in [0.1, 0.15) is 4.70 Å². The third-order valence-electron chi connectivity index (χ3n) is 4.87. The number of nitrogens with zero attached hydrogens (tertiary/aromatic N) is 2. The second kappa shape index (κ2) is 7.66. The van der Waals surface area contributed by atoms with Gasteiger partial charge < -0.3 is 14.1 Å². The van der Waals surface area contributed by atoms with E-state index < -0.39 is 10.0 Å². The van der Waals surface area contributed by atoms with Crippen molar-refractivity contribution >= 4 is 43.2 Å². The summed E-state index contributed by atoms with van der Waals surface area (Å²) in [5, 5.41) is 2.77. The number of rotatable bonds is 5. The average molecular weight is 433 g/mol. The Labute approximate surface area is 172 Å². The van der Waals surface area contributed by atoms with Crippen molar-refractivity contribution < 1.29 is 17.6 Å². The van der Waals surface area contributed by atoms with Gasteiger partial charge in [0.15, 0.2) is 11.5 Å². The summed E-state index contributed by atoms with van der Waals surface area (Å²) in [6, 6.07) is 8.61. The van der Waals surface area contributed by atoms with Gasteiger partial charge in [-0.3, -0.25) is 9.10 Å². The molecule has 0 spiro atoms. The Morgan fingerprint density at radius 2 is 2.00 bits per heavy atom. The minimum Gasteiger partial charge on any atom is -0.439 e. The Kier molecular flexibility index (Phi) is 5.20. The Hall–Kier alpha value is -2.62. The van der Waals surface area contributed by atoms with Crippen molar-refractivity contribution in [3.8, 4) is 11.1 Å². The molecule has 1 aliphatic heterocycles. The fraction of sp³-hybridized carbons (Fsp3) is 0.250. The van der Waals surface area contributed by atoms with Crippen LogP contribution in [0.4, 0.5) is 11.6 Å². The van der Waals surface area contributed by atoms with Gasteiger partial charge in [0.2, 0.25) is 5.43 Å². The molecule has 3 aromatic rings. The normalized spacial score (nSPS) is 14.9. The standard InChI is InChI=1S/C20H20N2O5S2/c1-3-29(24,25)21(2)15-6-4-5-14(11-15)16-13-28-20-17(23)12-18(27-19(16)20)22-7-9-26-10-8-22/h3-6,11-13H,1,7-10H2,2H3. The van der Waals surface area contributed by atoms with Crippen LogP contribution in [0, 0.1) is 0 Å². The summed E-state index contributed by atoms with van der Waals surface area (Å²) in [5.74, 6) is 0.521. The van der Waals surface area contributed by atoms with Gasteiger partial charge in [0.25, 0.3) is 10.0 Å². The monoisotopic (exact) mass is 432 g/mol. The van der Waals surface area contributed by atoms with Crippen LogP contribution < -0.4 is 14.6 Å². The molecular formula is C20H20N2O5S2. The van der Waals surface area contributed by atoms with E-state index in [4.69, 9.17) is 9.15 Å². The smallest absolute Gasteiger partial charge is 0.256 e. The molecule has 1 fully saturated rings. The number of thiophene rings is 1. The van der Waals surface area contributed by atoms with Crippen LogP contribution >= 0.6 is 11.3 Å². The van der Waals surface area contributed by atoms with Gasteiger partial charge in [-0.15, -0.1) is 11.3 Å². The molecular weight excluding hydrogens is 412 g/mol. The predicted octanol–water partition coefficient (Wildman–Crippen LogP) is 3.27. The summed E-state index contributed by atoms with van der Waals surface area (Å²) in [7, 11) is -2.13. The fourth-order valence-electron chi connectivity index (χ4n) is 3.20. The van der Waals surface area contributed by atoms with Crippen molar-refractivity contribution in [3.05, 3.63) is 57.9 Å². The fourth-order valence-corrected chi connectivity index (χ4v) is 4.74.